The number of halogens is 1. The van der Waals surface area contributed by atoms with Crippen molar-refractivity contribution in [3.8, 4) is 0 Å². The minimum absolute atomic E-state index is 0.0167. The first-order valence-corrected chi connectivity index (χ1v) is 21.3. The molecule has 0 bridgehead atoms. The van der Waals surface area contributed by atoms with Crippen LogP contribution in [0.1, 0.15) is 158 Å². The van der Waals surface area contributed by atoms with Gasteiger partial charge in [0.05, 0.1) is 16.6 Å². The van der Waals surface area contributed by atoms with Crippen molar-refractivity contribution < 1.29 is 24.5 Å². The van der Waals surface area contributed by atoms with E-state index in [4.69, 9.17) is 0 Å². The second kappa shape index (κ2) is 12.8. The lowest BCUT2D eigenvalue weighted by atomic mass is 9.33. The molecule has 0 heterocycles. The monoisotopic (exact) mass is 722 g/mol. The average Bonchev–Trinajstić information content (AvgIpc) is 3.46. The first-order chi connectivity index (χ1) is 24.2. The summed E-state index contributed by atoms with van der Waals surface area (Å²) in [6.07, 6.45) is 20.4. The summed E-state index contributed by atoms with van der Waals surface area (Å²) < 4.78 is 14.0. The number of fused-ring (bicyclic) bond motifs is 7. The fraction of sp³-hybridized carbons (Fsp3) is 0.848. The molecule has 5 nitrogen and oxygen atoms in total. The molecule has 7 rings (SSSR count). The van der Waals surface area contributed by atoms with E-state index in [1.807, 2.05) is 6.92 Å². The summed E-state index contributed by atoms with van der Waals surface area (Å²) in [5.41, 5.74) is 2.23. The van der Waals surface area contributed by atoms with Crippen LogP contribution in [0.25, 0.3) is 0 Å². The number of carbonyl (C=O) groups is 1. The van der Waals surface area contributed by atoms with Gasteiger partial charge in [0.25, 0.3) is 0 Å². The van der Waals surface area contributed by atoms with E-state index in [1.165, 1.54) is 68.1 Å². The van der Waals surface area contributed by atoms with Gasteiger partial charge in [0.1, 0.15) is 6.67 Å². The standard InChI is InChI=1S/C46H72FNO4/c1-30(2)32-13-20-46(48-28-27-45(52)24-21-40(5,51)22-25-45)26-23-42(7)34(37(32)46)9-10-36-41(6)16-14-33(39(3,4)35(41)15-17-43(36,42)8)31-11-18-44(29-47,19-12-31)38(49)50/h11,14,32,34-37,48,51-52H,1,9-10,12-13,15-29H2,2-8H3,(H,49,50)/t32-,34+,35-,36+,37+,40?,41?,42+,43+,44+,45?,46-/m0/s1. The highest BCUT2D eigenvalue weighted by Gasteiger charge is 2.70. The van der Waals surface area contributed by atoms with Crippen LogP contribution in [0.3, 0.4) is 0 Å². The van der Waals surface area contributed by atoms with Crippen LogP contribution in [0.2, 0.25) is 0 Å². The average molecular weight is 722 g/mol. The zero-order chi connectivity index (χ0) is 37.8. The summed E-state index contributed by atoms with van der Waals surface area (Å²) >= 11 is 0. The van der Waals surface area contributed by atoms with E-state index in [0.29, 0.717) is 68.1 Å². The third kappa shape index (κ3) is 5.70. The molecule has 1 unspecified atom stereocenters. The molecule has 0 radical (unpaired) electrons. The van der Waals surface area contributed by atoms with Crippen LogP contribution >= 0.6 is 0 Å². The molecule has 10 atom stereocenters. The summed E-state index contributed by atoms with van der Waals surface area (Å²) in [6.45, 7) is 21.8. The SMILES string of the molecule is C=C(C)[C@@H]1CC[C@]2(NCCC3(O)CCC(C)(O)CC3)CC[C@]3(C)[C@H](CC[C@@H]4C5(C)CC=C(C6=CC[C@@](CF)(C(=O)O)CC6)C(C)(C)[C@@H]5CC[C@]43C)[C@@H]12. The second-order valence-electron chi connectivity index (χ2n) is 21.4. The molecule has 7 aliphatic rings. The van der Waals surface area contributed by atoms with Crippen LogP contribution in [0.5, 0.6) is 0 Å². The molecule has 0 saturated heterocycles. The van der Waals surface area contributed by atoms with Gasteiger partial charge < -0.3 is 20.6 Å². The van der Waals surface area contributed by atoms with Gasteiger partial charge in [-0.3, -0.25) is 4.79 Å². The topological polar surface area (TPSA) is 89.8 Å². The van der Waals surface area contributed by atoms with E-state index in [0.717, 1.165) is 19.4 Å². The summed E-state index contributed by atoms with van der Waals surface area (Å²) in [4.78, 5) is 12.0. The zero-order valence-corrected chi connectivity index (χ0v) is 33.8. The quantitative estimate of drug-likeness (QED) is 0.187. The number of alkyl halides is 1. The number of rotatable bonds is 8. The Morgan fingerprint density at radius 1 is 0.846 bits per heavy atom. The van der Waals surface area contributed by atoms with Crippen molar-refractivity contribution in [3.05, 3.63) is 35.5 Å². The van der Waals surface area contributed by atoms with Gasteiger partial charge in [0, 0.05) is 5.54 Å². The van der Waals surface area contributed by atoms with E-state index in [9.17, 15) is 24.5 Å². The maximum atomic E-state index is 14.0. The van der Waals surface area contributed by atoms with Crippen molar-refractivity contribution in [3.63, 3.8) is 0 Å². The Bertz CT molecular complexity index is 1500. The van der Waals surface area contributed by atoms with E-state index < -0.39 is 29.3 Å². The van der Waals surface area contributed by atoms with Gasteiger partial charge >= 0.3 is 5.97 Å². The minimum atomic E-state index is -1.26. The zero-order valence-electron chi connectivity index (χ0n) is 33.8. The Kier molecular flexibility index (Phi) is 9.52. The Labute approximate surface area is 314 Å². The predicted octanol–water partition coefficient (Wildman–Crippen LogP) is 10.1. The molecule has 0 aromatic rings. The molecule has 4 N–H and O–H groups in total. The number of aliphatic hydroxyl groups is 2. The Balaban J connectivity index is 1.13. The number of carboxylic acid groups (broad SMARTS) is 1. The Hall–Kier alpha value is -1.50. The fourth-order valence-corrected chi connectivity index (χ4v) is 15.2. The van der Waals surface area contributed by atoms with Crippen molar-refractivity contribution in [1.29, 1.82) is 0 Å². The van der Waals surface area contributed by atoms with E-state index >= 15 is 0 Å². The first kappa shape index (κ1) is 38.8. The lowest BCUT2D eigenvalue weighted by Crippen LogP contribution is -2.68. The number of hydrogen-bond donors (Lipinski definition) is 4. The van der Waals surface area contributed by atoms with Gasteiger partial charge in [-0.05, 0) is 192 Å². The molecule has 0 aromatic heterocycles. The molecule has 7 aliphatic carbocycles. The number of nitrogens with one attached hydrogen (secondary N) is 1. The van der Waals surface area contributed by atoms with Crippen LogP contribution in [0.15, 0.2) is 35.5 Å². The van der Waals surface area contributed by atoms with Gasteiger partial charge in [0.15, 0.2) is 0 Å². The van der Waals surface area contributed by atoms with Crippen LogP contribution in [-0.2, 0) is 4.79 Å². The van der Waals surface area contributed by atoms with E-state index in [-0.39, 0.29) is 33.6 Å². The van der Waals surface area contributed by atoms with E-state index in [2.05, 4.69) is 65.6 Å². The highest BCUT2D eigenvalue weighted by Crippen LogP contribution is 2.76. The van der Waals surface area contributed by atoms with Gasteiger partial charge in [-0.25, -0.2) is 4.39 Å². The van der Waals surface area contributed by atoms with Crippen molar-refractivity contribution in [2.45, 2.75) is 174 Å². The van der Waals surface area contributed by atoms with Gasteiger partial charge in [-0.1, -0.05) is 58.9 Å². The molecule has 0 amide bonds. The molecule has 0 aliphatic heterocycles. The van der Waals surface area contributed by atoms with Crippen molar-refractivity contribution in [1.82, 2.24) is 5.32 Å². The van der Waals surface area contributed by atoms with Crippen LogP contribution in [-0.4, -0.2) is 51.2 Å². The largest absolute Gasteiger partial charge is 0.481 e. The minimum Gasteiger partial charge on any atom is -0.481 e. The van der Waals surface area contributed by atoms with Crippen LogP contribution in [0, 0.1) is 56.7 Å². The fourth-order valence-electron chi connectivity index (χ4n) is 15.2. The smallest absolute Gasteiger partial charge is 0.312 e. The van der Waals surface area contributed by atoms with E-state index in [1.54, 1.807) is 0 Å². The van der Waals surface area contributed by atoms with Crippen LogP contribution < -0.4 is 5.32 Å². The summed E-state index contributed by atoms with van der Waals surface area (Å²) in [5, 5.41) is 36.0. The predicted molar refractivity (Wildman–Crippen MR) is 207 cm³/mol. The third-order valence-electron chi connectivity index (χ3n) is 18.6. The van der Waals surface area contributed by atoms with Crippen molar-refractivity contribution in [2.24, 2.45) is 56.7 Å². The summed E-state index contributed by atoms with van der Waals surface area (Å²) in [6, 6.07) is 0. The molecule has 292 valence electrons. The Morgan fingerprint density at radius 3 is 2.17 bits per heavy atom. The van der Waals surface area contributed by atoms with Gasteiger partial charge in [0.2, 0.25) is 0 Å². The number of carboxylic acids is 1. The second-order valence-corrected chi connectivity index (χ2v) is 21.4. The molecule has 5 fully saturated rings. The van der Waals surface area contributed by atoms with Gasteiger partial charge in [-0.15, -0.1) is 0 Å². The summed E-state index contributed by atoms with van der Waals surface area (Å²) in [7, 11) is 0. The summed E-state index contributed by atoms with van der Waals surface area (Å²) in [5.74, 6) is 1.96. The van der Waals surface area contributed by atoms with Crippen molar-refractivity contribution >= 4 is 5.97 Å². The highest BCUT2D eigenvalue weighted by atomic mass is 19.1. The van der Waals surface area contributed by atoms with Crippen LogP contribution in [0.4, 0.5) is 4.39 Å². The van der Waals surface area contributed by atoms with Crippen molar-refractivity contribution in [2.75, 3.05) is 13.2 Å². The highest BCUT2D eigenvalue weighted by molar-refractivity contribution is 5.75. The van der Waals surface area contributed by atoms with Gasteiger partial charge in [-0.2, -0.15) is 0 Å². The molecule has 6 heteroatoms. The first-order valence-electron chi connectivity index (χ1n) is 21.3. The lowest BCUT2D eigenvalue weighted by molar-refractivity contribution is -0.221. The molecular weight excluding hydrogens is 650 g/mol. The number of hydrogen-bond acceptors (Lipinski definition) is 4. The maximum absolute atomic E-state index is 14.0. The lowest BCUT2D eigenvalue weighted by Gasteiger charge is -2.72. The molecule has 0 spiro atoms. The molecule has 0 aromatic carbocycles. The molecule has 52 heavy (non-hydrogen) atoms. The molecule has 5 saturated carbocycles. The molecular formula is C46H72FNO4. The number of allylic oxidation sites excluding steroid dienone is 5. The number of aliphatic carboxylic acids is 1. The Morgan fingerprint density at radius 2 is 1.56 bits per heavy atom. The normalized spacial score (nSPS) is 49.8. The maximum Gasteiger partial charge on any atom is 0.312 e. The third-order valence-corrected chi connectivity index (χ3v) is 18.6.